The number of carbonyl (C=O) groups is 2. The monoisotopic (exact) mass is 244 g/mol. The molecular formula is C11H20N2O4. The molecule has 0 aromatic carbocycles. The molecule has 6 nitrogen and oxygen atoms in total. The second-order valence-electron chi connectivity index (χ2n) is 4.39. The van der Waals surface area contributed by atoms with Gasteiger partial charge in [-0.2, -0.15) is 0 Å². The zero-order valence-corrected chi connectivity index (χ0v) is 10.1. The van der Waals surface area contributed by atoms with Crippen LogP contribution in [0, 0.1) is 11.8 Å². The first-order chi connectivity index (χ1) is 8.09. The van der Waals surface area contributed by atoms with Crippen molar-refractivity contribution in [2.75, 3.05) is 26.3 Å². The molecule has 0 aromatic heterocycles. The fourth-order valence-electron chi connectivity index (χ4n) is 1.58. The van der Waals surface area contributed by atoms with Crippen LogP contribution in [-0.4, -0.2) is 43.4 Å². The Labute approximate surface area is 101 Å². The zero-order valence-electron chi connectivity index (χ0n) is 10.1. The van der Waals surface area contributed by atoms with Gasteiger partial charge in [0.25, 0.3) is 0 Å². The minimum Gasteiger partial charge on any atom is -0.481 e. The van der Waals surface area contributed by atoms with Gasteiger partial charge in [-0.3, -0.25) is 4.79 Å². The number of carboxylic acid groups (broad SMARTS) is 1. The first-order valence-electron chi connectivity index (χ1n) is 5.92. The number of hydrogen-bond acceptors (Lipinski definition) is 3. The summed E-state index contributed by atoms with van der Waals surface area (Å²) >= 11 is 0. The minimum atomic E-state index is -0.908. The van der Waals surface area contributed by atoms with Crippen LogP contribution in [0.25, 0.3) is 0 Å². The van der Waals surface area contributed by atoms with Gasteiger partial charge in [-0.1, -0.05) is 6.92 Å². The topological polar surface area (TPSA) is 87.7 Å². The molecule has 0 aliphatic carbocycles. The molecule has 98 valence electrons. The van der Waals surface area contributed by atoms with Gasteiger partial charge in [0.15, 0.2) is 0 Å². The molecule has 3 N–H and O–H groups in total. The van der Waals surface area contributed by atoms with Gasteiger partial charge in [0, 0.05) is 26.3 Å². The van der Waals surface area contributed by atoms with E-state index in [0.29, 0.717) is 12.5 Å². The number of carbonyl (C=O) groups excluding carboxylic acids is 1. The van der Waals surface area contributed by atoms with Gasteiger partial charge in [-0.25, -0.2) is 4.79 Å². The number of aliphatic carboxylic acids is 1. The Morgan fingerprint density at radius 1 is 1.35 bits per heavy atom. The summed E-state index contributed by atoms with van der Waals surface area (Å²) in [5.41, 5.74) is 0. The molecule has 0 bridgehead atoms. The van der Waals surface area contributed by atoms with Crippen molar-refractivity contribution in [3.05, 3.63) is 0 Å². The lowest BCUT2D eigenvalue weighted by Gasteiger charge is -2.22. The lowest BCUT2D eigenvalue weighted by Crippen LogP contribution is -2.41. The van der Waals surface area contributed by atoms with Crippen molar-refractivity contribution in [3.8, 4) is 0 Å². The zero-order chi connectivity index (χ0) is 12.7. The summed E-state index contributed by atoms with van der Waals surface area (Å²) in [6.07, 6.45) is 1.93. The molecule has 17 heavy (non-hydrogen) atoms. The SMILES string of the molecule is CC(CNC(=O)NCC1CCOCC1)C(=O)O. The van der Waals surface area contributed by atoms with Crippen LogP contribution in [0.3, 0.4) is 0 Å². The summed E-state index contributed by atoms with van der Waals surface area (Å²) in [7, 11) is 0. The highest BCUT2D eigenvalue weighted by molar-refractivity contribution is 5.75. The molecule has 1 heterocycles. The van der Waals surface area contributed by atoms with E-state index in [4.69, 9.17) is 9.84 Å². The number of hydrogen-bond donors (Lipinski definition) is 3. The number of carboxylic acids is 1. The Hall–Kier alpha value is -1.30. The van der Waals surface area contributed by atoms with Gasteiger partial charge < -0.3 is 20.5 Å². The van der Waals surface area contributed by atoms with E-state index in [1.54, 1.807) is 6.92 Å². The molecule has 2 amide bonds. The van der Waals surface area contributed by atoms with Crippen LogP contribution in [0.4, 0.5) is 4.79 Å². The Balaban J connectivity index is 2.10. The molecule has 1 atom stereocenters. The second-order valence-corrected chi connectivity index (χ2v) is 4.39. The van der Waals surface area contributed by atoms with Crippen molar-refractivity contribution in [1.29, 1.82) is 0 Å². The highest BCUT2D eigenvalue weighted by Gasteiger charge is 2.15. The quantitative estimate of drug-likeness (QED) is 0.654. The third kappa shape index (κ3) is 5.53. The molecule has 0 saturated carbocycles. The van der Waals surface area contributed by atoms with Crippen LogP contribution in [0.5, 0.6) is 0 Å². The summed E-state index contributed by atoms with van der Waals surface area (Å²) in [6, 6.07) is -0.301. The maximum Gasteiger partial charge on any atom is 0.314 e. The Morgan fingerprint density at radius 3 is 2.59 bits per heavy atom. The van der Waals surface area contributed by atoms with E-state index in [1.165, 1.54) is 0 Å². The van der Waals surface area contributed by atoms with Crippen LogP contribution >= 0.6 is 0 Å². The van der Waals surface area contributed by atoms with E-state index >= 15 is 0 Å². The Morgan fingerprint density at radius 2 is 2.00 bits per heavy atom. The van der Waals surface area contributed by atoms with Crippen LogP contribution in [0.1, 0.15) is 19.8 Å². The van der Waals surface area contributed by atoms with E-state index < -0.39 is 11.9 Å². The molecule has 0 aromatic rings. The molecule has 0 spiro atoms. The molecule has 1 unspecified atom stereocenters. The molecular weight excluding hydrogens is 224 g/mol. The predicted octanol–water partition coefficient (Wildman–Crippen LogP) is 0.433. The molecule has 6 heteroatoms. The molecule has 1 saturated heterocycles. The minimum absolute atomic E-state index is 0.148. The Bertz CT molecular complexity index is 264. The summed E-state index contributed by atoms with van der Waals surface area (Å²) in [6.45, 7) is 3.83. The van der Waals surface area contributed by atoms with Crippen molar-refractivity contribution < 1.29 is 19.4 Å². The van der Waals surface area contributed by atoms with Gasteiger partial charge in [0.05, 0.1) is 5.92 Å². The van der Waals surface area contributed by atoms with E-state index in [2.05, 4.69) is 10.6 Å². The van der Waals surface area contributed by atoms with Gasteiger partial charge in [-0.15, -0.1) is 0 Å². The van der Waals surface area contributed by atoms with E-state index in [0.717, 1.165) is 26.1 Å². The molecule has 0 radical (unpaired) electrons. The smallest absolute Gasteiger partial charge is 0.314 e. The fraction of sp³-hybridized carbons (Fsp3) is 0.818. The van der Waals surface area contributed by atoms with Crippen molar-refractivity contribution in [3.63, 3.8) is 0 Å². The van der Waals surface area contributed by atoms with Gasteiger partial charge in [0.1, 0.15) is 0 Å². The summed E-state index contributed by atoms with van der Waals surface area (Å²) in [4.78, 5) is 21.9. The maximum atomic E-state index is 11.4. The summed E-state index contributed by atoms with van der Waals surface area (Å²) in [5.74, 6) is -1.01. The first kappa shape index (κ1) is 13.8. The second kappa shape index (κ2) is 7.11. The van der Waals surface area contributed by atoms with Crippen LogP contribution in [0.2, 0.25) is 0 Å². The third-order valence-electron chi connectivity index (χ3n) is 2.88. The number of nitrogens with one attached hydrogen (secondary N) is 2. The number of rotatable bonds is 5. The van der Waals surface area contributed by atoms with Crippen molar-refractivity contribution >= 4 is 12.0 Å². The van der Waals surface area contributed by atoms with Gasteiger partial charge in [-0.05, 0) is 18.8 Å². The molecule has 1 fully saturated rings. The van der Waals surface area contributed by atoms with Crippen LogP contribution < -0.4 is 10.6 Å². The largest absolute Gasteiger partial charge is 0.481 e. The lowest BCUT2D eigenvalue weighted by atomic mass is 10.0. The normalized spacial score (nSPS) is 18.4. The first-order valence-corrected chi connectivity index (χ1v) is 5.92. The molecule has 1 aliphatic rings. The highest BCUT2D eigenvalue weighted by atomic mass is 16.5. The Kier molecular flexibility index (Phi) is 5.76. The van der Waals surface area contributed by atoms with Gasteiger partial charge >= 0.3 is 12.0 Å². The number of amides is 2. The number of urea groups is 1. The maximum absolute atomic E-state index is 11.4. The van der Waals surface area contributed by atoms with E-state index in [1.807, 2.05) is 0 Å². The van der Waals surface area contributed by atoms with E-state index in [9.17, 15) is 9.59 Å². The predicted molar refractivity (Wildman–Crippen MR) is 61.7 cm³/mol. The highest BCUT2D eigenvalue weighted by Crippen LogP contribution is 2.12. The average Bonchev–Trinajstić information content (AvgIpc) is 2.34. The summed E-state index contributed by atoms with van der Waals surface area (Å²) < 4.78 is 5.22. The molecule has 1 rings (SSSR count). The van der Waals surface area contributed by atoms with Crippen LogP contribution in [-0.2, 0) is 9.53 Å². The standard InChI is InChI=1S/C11H20N2O4/c1-8(10(14)15)6-12-11(16)13-7-9-2-4-17-5-3-9/h8-9H,2-7H2,1H3,(H,14,15)(H2,12,13,16). The van der Waals surface area contributed by atoms with Crippen molar-refractivity contribution in [1.82, 2.24) is 10.6 Å². The van der Waals surface area contributed by atoms with E-state index in [-0.39, 0.29) is 12.6 Å². The average molecular weight is 244 g/mol. The fourth-order valence-corrected chi connectivity index (χ4v) is 1.58. The summed E-state index contributed by atoms with van der Waals surface area (Å²) in [5, 5.41) is 13.9. The van der Waals surface area contributed by atoms with Crippen molar-refractivity contribution in [2.24, 2.45) is 11.8 Å². The van der Waals surface area contributed by atoms with Crippen LogP contribution in [0.15, 0.2) is 0 Å². The number of ether oxygens (including phenoxy) is 1. The molecule has 1 aliphatic heterocycles. The van der Waals surface area contributed by atoms with Gasteiger partial charge in [0.2, 0.25) is 0 Å². The lowest BCUT2D eigenvalue weighted by molar-refractivity contribution is -0.140. The van der Waals surface area contributed by atoms with Crippen molar-refractivity contribution in [2.45, 2.75) is 19.8 Å². The third-order valence-corrected chi connectivity index (χ3v) is 2.88.